The highest BCUT2D eigenvalue weighted by atomic mass is 32.1. The zero-order valence-electron chi connectivity index (χ0n) is 22.1. The molecule has 1 aliphatic rings. The molecule has 0 saturated carbocycles. The maximum Gasteiger partial charge on any atom is 0.495 e. The number of rotatable bonds is 4. The van der Waals surface area contributed by atoms with Crippen LogP contribution in [0.25, 0.3) is 41.7 Å². The molecule has 1 aliphatic heterocycles. The molecule has 4 nitrogen and oxygen atoms in total. The second kappa shape index (κ2) is 8.92. The van der Waals surface area contributed by atoms with Gasteiger partial charge in [-0.25, -0.2) is 4.79 Å². The van der Waals surface area contributed by atoms with Crippen molar-refractivity contribution in [2.75, 3.05) is 0 Å². The third kappa shape index (κ3) is 3.86. The van der Waals surface area contributed by atoms with E-state index in [9.17, 15) is 4.79 Å². The van der Waals surface area contributed by atoms with Crippen molar-refractivity contribution in [1.29, 1.82) is 0 Å². The molecule has 0 bridgehead atoms. The molecule has 0 amide bonds. The highest BCUT2D eigenvalue weighted by Gasteiger charge is 2.60. The molecule has 1 unspecified atom stereocenters. The molecule has 1 atom stereocenters. The third-order valence-corrected chi connectivity index (χ3v) is 9.27. The molecular weight excluding hydrogens is 503 g/mol. The molecule has 1 fully saturated rings. The van der Waals surface area contributed by atoms with E-state index in [-0.39, 0.29) is 6.61 Å². The Labute approximate surface area is 231 Å². The number of hydrogen-bond acceptors (Lipinski definition) is 5. The number of hydrogen-bond donors (Lipinski definition) is 0. The van der Waals surface area contributed by atoms with Crippen molar-refractivity contribution in [1.82, 2.24) is 0 Å². The molecule has 0 radical (unpaired) electrons. The lowest BCUT2D eigenvalue weighted by atomic mass is 9.78. The average Bonchev–Trinajstić information content (AvgIpc) is 3.46. The monoisotopic (exact) mass is 530 g/mol. The Morgan fingerprint density at radius 2 is 1.51 bits per heavy atom. The van der Waals surface area contributed by atoms with E-state index in [1.165, 1.54) is 36.3 Å². The van der Waals surface area contributed by atoms with Gasteiger partial charge < -0.3 is 14.0 Å². The van der Waals surface area contributed by atoms with E-state index in [2.05, 4.69) is 66.7 Å². The summed E-state index contributed by atoms with van der Waals surface area (Å²) >= 11 is 1.83. The molecule has 1 saturated heterocycles. The number of carbonyl (C=O) groups excluding carboxylic acids is 1. The van der Waals surface area contributed by atoms with Gasteiger partial charge in [0.25, 0.3) is 0 Å². The zero-order chi connectivity index (χ0) is 26.8. The van der Waals surface area contributed by atoms with E-state index >= 15 is 0 Å². The topological polar surface area (TPSA) is 44.8 Å². The van der Waals surface area contributed by atoms with Gasteiger partial charge in [0.15, 0.2) is 5.60 Å². The van der Waals surface area contributed by atoms with Gasteiger partial charge in [-0.2, -0.15) is 0 Å². The summed E-state index contributed by atoms with van der Waals surface area (Å²) in [4.78, 5) is 13.3. The van der Waals surface area contributed by atoms with Gasteiger partial charge in [-0.1, -0.05) is 84.9 Å². The largest absolute Gasteiger partial charge is 0.495 e. The average molecular weight is 530 g/mol. The lowest BCUT2D eigenvalue weighted by Crippen LogP contribution is -2.52. The summed E-state index contributed by atoms with van der Waals surface area (Å²) in [5.74, 6) is -0.433. The van der Waals surface area contributed by atoms with E-state index in [0.29, 0.717) is 0 Å². The summed E-state index contributed by atoms with van der Waals surface area (Å²) < 4.78 is 21.0. The summed E-state index contributed by atoms with van der Waals surface area (Å²) in [6.45, 7) is 5.70. The van der Waals surface area contributed by atoms with E-state index in [1.807, 2.05) is 55.5 Å². The standard InChI is InChI=1S/C33H27BO4S/c1-32(2)33(3,31(35)36-20-21-9-5-4-6-10-21)38-34(37-32)24-16-17-25-23(19-24)14-13-22-15-18-28-30(29(22)25)26-11-7-8-12-27(26)39-28/h4-19H,20H2,1-3H3. The minimum Gasteiger partial charge on any atom is -0.459 e. The first-order valence-electron chi connectivity index (χ1n) is 13.2. The smallest absolute Gasteiger partial charge is 0.459 e. The second-order valence-electron chi connectivity index (χ2n) is 10.9. The minimum absolute atomic E-state index is 0.189. The van der Waals surface area contributed by atoms with Crippen LogP contribution in [0.15, 0.2) is 97.1 Å². The van der Waals surface area contributed by atoms with Gasteiger partial charge in [0.2, 0.25) is 0 Å². The molecule has 39 heavy (non-hydrogen) atoms. The zero-order valence-corrected chi connectivity index (χ0v) is 22.9. The van der Waals surface area contributed by atoms with Crippen LogP contribution in [0.2, 0.25) is 0 Å². The van der Waals surface area contributed by atoms with E-state index < -0.39 is 24.3 Å². The highest BCUT2D eigenvalue weighted by Crippen LogP contribution is 2.42. The van der Waals surface area contributed by atoms with Gasteiger partial charge in [0.1, 0.15) is 6.61 Å². The molecule has 6 heteroatoms. The second-order valence-corrected chi connectivity index (χ2v) is 11.9. The Balaban J connectivity index is 1.25. The van der Waals surface area contributed by atoms with Gasteiger partial charge in [-0.3, -0.25) is 0 Å². The molecule has 0 spiro atoms. The summed E-state index contributed by atoms with van der Waals surface area (Å²) in [5.41, 5.74) is -0.341. The van der Waals surface area contributed by atoms with Crippen LogP contribution in [0, 0.1) is 0 Å². The van der Waals surface area contributed by atoms with Crippen LogP contribution >= 0.6 is 11.3 Å². The number of thiophene rings is 1. The van der Waals surface area contributed by atoms with Crippen molar-refractivity contribution in [2.45, 2.75) is 38.6 Å². The number of esters is 1. The maximum absolute atomic E-state index is 13.3. The number of carbonyl (C=O) groups is 1. The molecule has 192 valence electrons. The number of ether oxygens (including phenoxy) is 1. The number of benzene rings is 5. The molecule has 5 aromatic carbocycles. The predicted octanol–water partition coefficient (Wildman–Crippen LogP) is 7.38. The van der Waals surface area contributed by atoms with Crippen LogP contribution in [0.1, 0.15) is 26.3 Å². The van der Waals surface area contributed by atoms with Crippen LogP contribution in [0.5, 0.6) is 0 Å². The molecule has 0 aliphatic carbocycles. The fourth-order valence-electron chi connectivity index (χ4n) is 5.59. The summed E-state index contributed by atoms with van der Waals surface area (Å²) in [5, 5.41) is 7.36. The molecule has 6 aromatic rings. The van der Waals surface area contributed by atoms with Crippen molar-refractivity contribution < 1.29 is 18.8 Å². The SMILES string of the molecule is CC1(C)OB(c2ccc3c(ccc4ccc5sc6ccccc6c5c43)c2)OC1(C)C(=O)OCc1ccccc1. The Kier molecular flexibility index (Phi) is 5.57. The van der Waals surface area contributed by atoms with Crippen LogP contribution in [0.3, 0.4) is 0 Å². The first-order valence-corrected chi connectivity index (χ1v) is 14.0. The predicted molar refractivity (Wildman–Crippen MR) is 161 cm³/mol. The van der Waals surface area contributed by atoms with Crippen molar-refractivity contribution in [3.8, 4) is 0 Å². The first kappa shape index (κ1) is 24.3. The van der Waals surface area contributed by atoms with Gasteiger partial charge in [0.05, 0.1) is 5.60 Å². The number of fused-ring (bicyclic) bond motifs is 7. The summed E-state index contributed by atoms with van der Waals surface area (Å²) in [6, 6.07) is 33.3. The lowest BCUT2D eigenvalue weighted by molar-refractivity contribution is -0.169. The van der Waals surface area contributed by atoms with Crippen molar-refractivity contribution in [3.05, 3.63) is 103 Å². The summed E-state index contributed by atoms with van der Waals surface area (Å²) in [7, 11) is -0.688. The Morgan fingerprint density at radius 1 is 0.769 bits per heavy atom. The molecule has 2 heterocycles. The molecule has 7 rings (SSSR count). The lowest BCUT2D eigenvalue weighted by Gasteiger charge is -2.33. The normalized spacial score (nSPS) is 18.9. The molecule has 0 N–H and O–H groups in total. The molecular formula is C33H27BO4S. The minimum atomic E-state index is -1.26. The van der Waals surface area contributed by atoms with Gasteiger partial charge in [-0.05, 0) is 65.5 Å². The quantitative estimate of drug-likeness (QED) is 0.136. The fraction of sp³-hybridized carbons (Fsp3) is 0.182. The fourth-order valence-corrected chi connectivity index (χ4v) is 6.70. The van der Waals surface area contributed by atoms with Crippen LogP contribution < -0.4 is 5.46 Å². The van der Waals surface area contributed by atoms with Crippen LogP contribution in [0.4, 0.5) is 0 Å². The summed E-state index contributed by atoms with van der Waals surface area (Å²) in [6.07, 6.45) is 0. The van der Waals surface area contributed by atoms with Crippen molar-refractivity contribution in [2.24, 2.45) is 0 Å². The highest BCUT2D eigenvalue weighted by molar-refractivity contribution is 7.26. The van der Waals surface area contributed by atoms with Gasteiger partial charge in [0, 0.05) is 20.2 Å². The van der Waals surface area contributed by atoms with Gasteiger partial charge >= 0.3 is 13.1 Å². The van der Waals surface area contributed by atoms with E-state index in [1.54, 1.807) is 6.92 Å². The van der Waals surface area contributed by atoms with Crippen molar-refractivity contribution in [3.63, 3.8) is 0 Å². The van der Waals surface area contributed by atoms with Crippen LogP contribution in [-0.4, -0.2) is 24.3 Å². The van der Waals surface area contributed by atoms with E-state index in [4.69, 9.17) is 14.0 Å². The van der Waals surface area contributed by atoms with E-state index in [0.717, 1.165) is 16.4 Å². The Hall–Kier alpha value is -3.71. The maximum atomic E-state index is 13.3. The van der Waals surface area contributed by atoms with Crippen molar-refractivity contribution >= 4 is 71.6 Å². The van der Waals surface area contributed by atoms with Gasteiger partial charge in [-0.15, -0.1) is 11.3 Å². The third-order valence-electron chi connectivity index (χ3n) is 8.13. The Morgan fingerprint density at radius 3 is 2.36 bits per heavy atom. The first-order chi connectivity index (χ1) is 18.8. The molecule has 1 aromatic heterocycles. The van der Waals surface area contributed by atoms with Crippen LogP contribution in [-0.2, 0) is 25.4 Å². The Bertz CT molecular complexity index is 1890.